The number of hydrogen-bond acceptors (Lipinski definition) is 7. The minimum atomic E-state index is -1.09. The van der Waals surface area contributed by atoms with Crippen molar-refractivity contribution in [3.05, 3.63) is 35.8 Å². The SMILES string of the molecule is C[C@@H]1CCC(Nc2ncc3nc(Nc4c(F)cc(F)cc4F)n([C@H]4CC[C@@H](C(N)=O)CC4)c3n2)C[C@H]1O. The van der Waals surface area contributed by atoms with Crippen molar-refractivity contribution < 1.29 is 23.1 Å². The van der Waals surface area contributed by atoms with Crippen LogP contribution in [0.15, 0.2) is 18.3 Å². The quantitative estimate of drug-likeness (QED) is 0.386. The number of nitrogens with two attached hydrogens (primary N) is 1. The predicted molar refractivity (Wildman–Crippen MR) is 132 cm³/mol. The molecule has 5 N–H and O–H groups in total. The van der Waals surface area contributed by atoms with Gasteiger partial charge in [0.15, 0.2) is 17.3 Å². The first-order chi connectivity index (χ1) is 17.7. The molecule has 5 rings (SSSR count). The van der Waals surface area contributed by atoms with Crippen molar-refractivity contribution in [3.8, 4) is 0 Å². The molecule has 3 aromatic rings. The Morgan fingerprint density at radius 2 is 1.78 bits per heavy atom. The molecule has 198 valence electrons. The maximum atomic E-state index is 14.5. The van der Waals surface area contributed by atoms with E-state index in [-0.39, 0.29) is 35.8 Å². The van der Waals surface area contributed by atoms with E-state index in [1.165, 1.54) is 6.20 Å². The van der Waals surface area contributed by atoms with Gasteiger partial charge in [0.25, 0.3) is 0 Å². The molecule has 0 spiro atoms. The second kappa shape index (κ2) is 10.2. The predicted octanol–water partition coefficient (Wildman–Crippen LogP) is 4.17. The van der Waals surface area contributed by atoms with Crippen molar-refractivity contribution in [3.63, 3.8) is 0 Å². The average Bonchev–Trinajstić information content (AvgIpc) is 3.21. The molecule has 2 aliphatic carbocycles. The highest BCUT2D eigenvalue weighted by Gasteiger charge is 2.30. The monoisotopic (exact) mass is 517 g/mol. The molecule has 2 heterocycles. The lowest BCUT2D eigenvalue weighted by atomic mass is 9.85. The summed E-state index contributed by atoms with van der Waals surface area (Å²) in [4.78, 5) is 25.2. The largest absolute Gasteiger partial charge is 0.393 e. The average molecular weight is 518 g/mol. The fourth-order valence-corrected chi connectivity index (χ4v) is 5.40. The Balaban J connectivity index is 1.50. The zero-order valence-corrected chi connectivity index (χ0v) is 20.4. The number of fused-ring (bicyclic) bond motifs is 1. The summed E-state index contributed by atoms with van der Waals surface area (Å²) in [6, 6.07) is 1.02. The van der Waals surface area contributed by atoms with Gasteiger partial charge >= 0.3 is 0 Å². The number of rotatable bonds is 6. The number of aliphatic hydroxyl groups is 1. The summed E-state index contributed by atoms with van der Waals surface area (Å²) < 4.78 is 44.1. The van der Waals surface area contributed by atoms with Gasteiger partial charge in [0.1, 0.15) is 17.0 Å². The Morgan fingerprint density at radius 1 is 1.08 bits per heavy atom. The second-order valence-electron chi connectivity index (χ2n) is 10.2. The van der Waals surface area contributed by atoms with Crippen LogP contribution in [0, 0.1) is 29.3 Å². The van der Waals surface area contributed by atoms with Gasteiger partial charge in [-0.05, 0) is 50.9 Å². The van der Waals surface area contributed by atoms with Gasteiger partial charge in [-0.15, -0.1) is 0 Å². The molecule has 0 aliphatic heterocycles. The number of amides is 1. The molecule has 2 aromatic heterocycles. The Labute approximate surface area is 211 Å². The Bertz CT molecular complexity index is 1290. The summed E-state index contributed by atoms with van der Waals surface area (Å²) in [5, 5.41) is 16.2. The van der Waals surface area contributed by atoms with Crippen LogP contribution in [-0.4, -0.2) is 42.7 Å². The number of nitrogens with zero attached hydrogens (tertiary/aromatic N) is 4. The first kappa shape index (κ1) is 25.2. The van der Waals surface area contributed by atoms with Crippen molar-refractivity contribution in [1.29, 1.82) is 0 Å². The molecule has 2 aliphatic rings. The maximum Gasteiger partial charge on any atom is 0.224 e. The Morgan fingerprint density at radius 3 is 2.43 bits per heavy atom. The van der Waals surface area contributed by atoms with E-state index in [4.69, 9.17) is 5.73 Å². The first-order valence-electron chi connectivity index (χ1n) is 12.6. The van der Waals surface area contributed by atoms with Crippen LogP contribution in [-0.2, 0) is 4.79 Å². The summed E-state index contributed by atoms with van der Waals surface area (Å²) in [7, 11) is 0. The number of halogens is 3. The lowest BCUT2D eigenvalue weighted by molar-refractivity contribution is -0.122. The molecule has 2 saturated carbocycles. The summed E-state index contributed by atoms with van der Waals surface area (Å²) in [6.45, 7) is 2.02. The number of carbonyl (C=O) groups is 1. The smallest absolute Gasteiger partial charge is 0.224 e. The van der Waals surface area contributed by atoms with E-state index >= 15 is 0 Å². The third-order valence-electron chi connectivity index (χ3n) is 7.63. The van der Waals surface area contributed by atoms with Crippen LogP contribution in [0.3, 0.4) is 0 Å². The summed E-state index contributed by atoms with van der Waals surface area (Å²) in [5.74, 6) is -3.06. The van der Waals surface area contributed by atoms with E-state index < -0.39 is 29.2 Å². The number of aliphatic hydroxyl groups excluding tert-OH is 1. The molecule has 12 heteroatoms. The van der Waals surface area contributed by atoms with Crippen molar-refractivity contribution in [1.82, 2.24) is 19.5 Å². The molecular weight excluding hydrogens is 487 g/mol. The summed E-state index contributed by atoms with van der Waals surface area (Å²) in [6.07, 6.45) is 5.74. The molecule has 0 saturated heterocycles. The van der Waals surface area contributed by atoms with E-state index in [1.54, 1.807) is 4.57 Å². The summed E-state index contributed by atoms with van der Waals surface area (Å²) >= 11 is 0. The third kappa shape index (κ3) is 5.20. The van der Waals surface area contributed by atoms with Crippen molar-refractivity contribution in [2.75, 3.05) is 10.6 Å². The highest BCUT2D eigenvalue weighted by Crippen LogP contribution is 2.37. The van der Waals surface area contributed by atoms with E-state index in [1.807, 2.05) is 6.92 Å². The molecular formula is C25H30F3N7O2. The standard InChI is InChI=1S/C25H30F3N7O2/c1-12-2-5-15(10-20(12)36)31-24-30-11-19-23(34-24)35(16-6-3-13(4-7-16)22(29)37)25(32-19)33-21-17(27)8-14(26)9-18(21)28/h8-9,11-13,15-16,20,36H,2-7,10H2,1H3,(H2,29,37)(H,32,33)(H,30,31,34)/t12-,13-,15?,16+,20-/m1/s1. The maximum absolute atomic E-state index is 14.5. The molecule has 3 atom stereocenters. The molecule has 0 radical (unpaired) electrons. The molecule has 2 fully saturated rings. The molecule has 37 heavy (non-hydrogen) atoms. The van der Waals surface area contributed by atoms with Crippen molar-refractivity contribution in [2.24, 2.45) is 17.6 Å². The number of aromatic nitrogens is 4. The van der Waals surface area contributed by atoms with Gasteiger partial charge in [-0.25, -0.2) is 23.1 Å². The van der Waals surface area contributed by atoms with Crippen LogP contribution in [0.25, 0.3) is 11.2 Å². The minimum absolute atomic E-state index is 0.00558. The Kier molecular flexibility index (Phi) is 6.93. The van der Waals surface area contributed by atoms with Gasteiger partial charge in [-0.2, -0.15) is 4.98 Å². The second-order valence-corrected chi connectivity index (χ2v) is 10.2. The van der Waals surface area contributed by atoms with Gasteiger partial charge in [-0.1, -0.05) is 6.92 Å². The zero-order valence-electron chi connectivity index (χ0n) is 20.4. The van der Waals surface area contributed by atoms with E-state index in [0.29, 0.717) is 61.3 Å². The number of benzene rings is 1. The lowest BCUT2D eigenvalue weighted by Crippen LogP contribution is -2.35. The van der Waals surface area contributed by atoms with E-state index in [0.717, 1.165) is 12.8 Å². The van der Waals surface area contributed by atoms with Crippen LogP contribution >= 0.6 is 0 Å². The first-order valence-corrected chi connectivity index (χ1v) is 12.6. The van der Waals surface area contributed by atoms with Gasteiger partial charge in [-0.3, -0.25) is 9.36 Å². The number of primary amides is 1. The van der Waals surface area contributed by atoms with Crippen molar-refractivity contribution in [2.45, 2.75) is 70.1 Å². The van der Waals surface area contributed by atoms with Gasteiger partial charge in [0.05, 0.1) is 12.3 Å². The normalized spacial score (nSPS) is 26.2. The van der Waals surface area contributed by atoms with Crippen LogP contribution in [0.4, 0.5) is 30.8 Å². The molecule has 1 aromatic carbocycles. The highest BCUT2D eigenvalue weighted by atomic mass is 19.1. The molecule has 1 amide bonds. The fraction of sp³-hybridized carbons (Fsp3) is 0.520. The minimum Gasteiger partial charge on any atom is -0.393 e. The van der Waals surface area contributed by atoms with Crippen LogP contribution in [0.2, 0.25) is 0 Å². The van der Waals surface area contributed by atoms with Crippen molar-refractivity contribution >= 4 is 34.7 Å². The number of imidazole rings is 1. The topological polar surface area (TPSA) is 131 Å². The van der Waals surface area contributed by atoms with E-state index in [2.05, 4.69) is 25.6 Å². The number of hydrogen-bond donors (Lipinski definition) is 4. The number of carbonyl (C=O) groups excluding carboxylic acids is 1. The summed E-state index contributed by atoms with van der Waals surface area (Å²) in [5.41, 5.74) is 5.83. The fourth-order valence-electron chi connectivity index (χ4n) is 5.40. The van der Waals surface area contributed by atoms with Gasteiger partial charge in [0.2, 0.25) is 17.8 Å². The van der Waals surface area contributed by atoms with Gasteiger partial charge in [0, 0.05) is 30.1 Å². The Hall–Kier alpha value is -3.41. The number of anilines is 3. The molecule has 0 bridgehead atoms. The third-order valence-corrected chi connectivity index (χ3v) is 7.63. The lowest BCUT2D eigenvalue weighted by Gasteiger charge is -2.31. The zero-order chi connectivity index (χ0) is 26.3. The van der Waals surface area contributed by atoms with Crippen LogP contribution in [0.1, 0.15) is 57.9 Å². The van der Waals surface area contributed by atoms with E-state index in [9.17, 15) is 23.1 Å². The molecule has 9 nitrogen and oxygen atoms in total. The van der Waals surface area contributed by atoms with Crippen LogP contribution in [0.5, 0.6) is 0 Å². The highest BCUT2D eigenvalue weighted by molar-refractivity contribution is 5.78. The number of nitrogens with one attached hydrogen (secondary N) is 2. The van der Waals surface area contributed by atoms with Crippen LogP contribution < -0.4 is 16.4 Å². The molecule has 1 unspecified atom stereocenters. The van der Waals surface area contributed by atoms with Gasteiger partial charge < -0.3 is 21.5 Å².